The summed E-state index contributed by atoms with van der Waals surface area (Å²) >= 11 is 1.92. The maximum Gasteiger partial charge on any atom is 0.307 e. The Bertz CT molecular complexity index is 192. The number of halogens is 1. The van der Waals surface area contributed by atoms with Crippen LogP contribution in [0.2, 0.25) is 0 Å². The summed E-state index contributed by atoms with van der Waals surface area (Å²) < 4.78 is 0. The van der Waals surface area contributed by atoms with E-state index in [4.69, 9.17) is 5.11 Å². The van der Waals surface area contributed by atoms with E-state index in [9.17, 15) is 4.79 Å². The summed E-state index contributed by atoms with van der Waals surface area (Å²) in [6.45, 7) is 5.02. The Morgan fingerprint density at radius 3 is 2.93 bits per heavy atom. The second-order valence-corrected chi connectivity index (χ2v) is 5.07. The molecule has 0 spiro atoms. The zero-order chi connectivity index (χ0) is 10.4. The molecule has 1 rings (SSSR count). The molecule has 0 saturated carbocycles. The molecule has 3 nitrogen and oxygen atoms in total. The lowest BCUT2D eigenvalue weighted by Gasteiger charge is -2.30. The van der Waals surface area contributed by atoms with E-state index in [0.717, 1.165) is 44.0 Å². The summed E-state index contributed by atoms with van der Waals surface area (Å²) in [4.78, 5) is 13.1. The number of likely N-dealkylation sites (tertiary alicyclic amines) is 1. The SMILES string of the molecule is CCSCCN1CCCC(C(=O)O)C1.Cl. The largest absolute Gasteiger partial charge is 0.481 e. The molecule has 1 aliphatic heterocycles. The third-order valence-electron chi connectivity index (χ3n) is 2.61. The van der Waals surface area contributed by atoms with Gasteiger partial charge in [-0.2, -0.15) is 11.8 Å². The molecule has 15 heavy (non-hydrogen) atoms. The van der Waals surface area contributed by atoms with Gasteiger partial charge in [-0.1, -0.05) is 6.92 Å². The smallest absolute Gasteiger partial charge is 0.307 e. The highest BCUT2D eigenvalue weighted by Crippen LogP contribution is 2.16. The van der Waals surface area contributed by atoms with Gasteiger partial charge in [0.25, 0.3) is 0 Å². The molecule has 1 N–H and O–H groups in total. The van der Waals surface area contributed by atoms with Gasteiger partial charge >= 0.3 is 5.97 Å². The Hall–Kier alpha value is 0.0700. The van der Waals surface area contributed by atoms with Crippen molar-refractivity contribution in [3.8, 4) is 0 Å². The first-order chi connectivity index (χ1) is 6.74. The fourth-order valence-corrected chi connectivity index (χ4v) is 2.47. The Labute approximate surface area is 102 Å². The number of thioether (sulfide) groups is 1. The number of hydrogen-bond donors (Lipinski definition) is 1. The zero-order valence-corrected chi connectivity index (χ0v) is 10.8. The maximum absolute atomic E-state index is 10.8. The average molecular weight is 254 g/mol. The van der Waals surface area contributed by atoms with Crippen molar-refractivity contribution < 1.29 is 9.90 Å². The van der Waals surface area contributed by atoms with Gasteiger partial charge in [-0.15, -0.1) is 12.4 Å². The van der Waals surface area contributed by atoms with Gasteiger partial charge in [0.2, 0.25) is 0 Å². The van der Waals surface area contributed by atoms with Crippen LogP contribution >= 0.6 is 24.2 Å². The summed E-state index contributed by atoms with van der Waals surface area (Å²) in [5.41, 5.74) is 0. The molecule has 0 bridgehead atoms. The highest BCUT2D eigenvalue weighted by molar-refractivity contribution is 7.99. The van der Waals surface area contributed by atoms with Crippen LogP contribution in [0.4, 0.5) is 0 Å². The molecule has 0 aromatic rings. The minimum atomic E-state index is -0.627. The monoisotopic (exact) mass is 253 g/mol. The molecule has 1 fully saturated rings. The van der Waals surface area contributed by atoms with Crippen molar-refractivity contribution in [2.75, 3.05) is 31.1 Å². The average Bonchev–Trinajstić information content (AvgIpc) is 2.19. The third-order valence-corrected chi connectivity index (χ3v) is 3.49. The van der Waals surface area contributed by atoms with E-state index in [1.54, 1.807) is 0 Å². The second-order valence-electron chi connectivity index (χ2n) is 3.67. The van der Waals surface area contributed by atoms with Gasteiger partial charge in [0.1, 0.15) is 0 Å². The summed E-state index contributed by atoms with van der Waals surface area (Å²) in [7, 11) is 0. The van der Waals surface area contributed by atoms with E-state index in [1.165, 1.54) is 0 Å². The summed E-state index contributed by atoms with van der Waals surface area (Å²) in [6, 6.07) is 0. The number of aliphatic carboxylic acids is 1. The van der Waals surface area contributed by atoms with Gasteiger partial charge in [0.15, 0.2) is 0 Å². The van der Waals surface area contributed by atoms with Gasteiger partial charge in [0, 0.05) is 18.8 Å². The fourth-order valence-electron chi connectivity index (χ4n) is 1.80. The van der Waals surface area contributed by atoms with Gasteiger partial charge < -0.3 is 10.0 Å². The predicted octanol–water partition coefficient (Wildman–Crippen LogP) is 1.96. The first-order valence-electron chi connectivity index (χ1n) is 5.27. The first-order valence-corrected chi connectivity index (χ1v) is 6.42. The first kappa shape index (κ1) is 15.1. The van der Waals surface area contributed by atoms with E-state index < -0.39 is 5.97 Å². The maximum atomic E-state index is 10.8. The van der Waals surface area contributed by atoms with Crippen molar-refractivity contribution in [2.45, 2.75) is 19.8 Å². The summed E-state index contributed by atoms with van der Waals surface area (Å²) in [5, 5.41) is 8.90. The van der Waals surface area contributed by atoms with Crippen LogP contribution in [0.3, 0.4) is 0 Å². The number of hydrogen-bond acceptors (Lipinski definition) is 3. The van der Waals surface area contributed by atoms with E-state index in [1.807, 2.05) is 11.8 Å². The lowest BCUT2D eigenvalue weighted by molar-refractivity contribution is -0.143. The minimum absolute atomic E-state index is 0. The van der Waals surface area contributed by atoms with Crippen molar-refractivity contribution >= 4 is 30.1 Å². The van der Waals surface area contributed by atoms with E-state index in [2.05, 4.69) is 11.8 Å². The molecule has 1 atom stereocenters. The minimum Gasteiger partial charge on any atom is -0.481 e. The van der Waals surface area contributed by atoms with Crippen LogP contribution in [0.1, 0.15) is 19.8 Å². The van der Waals surface area contributed by atoms with Gasteiger partial charge in [-0.25, -0.2) is 0 Å². The summed E-state index contributed by atoms with van der Waals surface area (Å²) in [6.07, 6.45) is 1.89. The molecule has 0 aromatic carbocycles. The van der Waals surface area contributed by atoms with Crippen molar-refractivity contribution in [2.24, 2.45) is 5.92 Å². The number of rotatable bonds is 5. The molecule has 1 aliphatic rings. The lowest BCUT2D eigenvalue weighted by atomic mass is 9.98. The molecule has 1 unspecified atom stereocenters. The van der Waals surface area contributed by atoms with Crippen LogP contribution in [-0.4, -0.2) is 47.1 Å². The molecular formula is C10H20ClNO2S. The Kier molecular flexibility index (Phi) is 8.29. The number of carboxylic acids is 1. The van der Waals surface area contributed by atoms with E-state index in [-0.39, 0.29) is 18.3 Å². The molecule has 1 saturated heterocycles. The normalized spacial score (nSPS) is 22.1. The van der Waals surface area contributed by atoms with Crippen LogP contribution < -0.4 is 0 Å². The fraction of sp³-hybridized carbons (Fsp3) is 0.900. The van der Waals surface area contributed by atoms with Crippen LogP contribution in [0.25, 0.3) is 0 Å². The molecule has 1 heterocycles. The van der Waals surface area contributed by atoms with Crippen molar-refractivity contribution in [3.05, 3.63) is 0 Å². The molecule has 0 aromatic heterocycles. The lowest BCUT2D eigenvalue weighted by Crippen LogP contribution is -2.39. The molecule has 0 aliphatic carbocycles. The third kappa shape index (κ3) is 5.64. The zero-order valence-electron chi connectivity index (χ0n) is 9.15. The number of piperidine rings is 1. The van der Waals surface area contributed by atoms with E-state index in [0.29, 0.717) is 0 Å². The molecule has 90 valence electrons. The van der Waals surface area contributed by atoms with Crippen LogP contribution in [0.5, 0.6) is 0 Å². The Morgan fingerprint density at radius 1 is 1.60 bits per heavy atom. The Morgan fingerprint density at radius 2 is 2.33 bits per heavy atom. The van der Waals surface area contributed by atoms with Crippen LogP contribution in [0.15, 0.2) is 0 Å². The highest BCUT2D eigenvalue weighted by atomic mass is 35.5. The van der Waals surface area contributed by atoms with Crippen molar-refractivity contribution in [1.29, 1.82) is 0 Å². The topological polar surface area (TPSA) is 40.5 Å². The molecule has 0 radical (unpaired) electrons. The predicted molar refractivity (Wildman–Crippen MR) is 67.0 cm³/mol. The highest BCUT2D eigenvalue weighted by Gasteiger charge is 2.24. The number of carboxylic acid groups (broad SMARTS) is 1. The van der Waals surface area contributed by atoms with Crippen LogP contribution in [-0.2, 0) is 4.79 Å². The number of carbonyl (C=O) groups is 1. The quantitative estimate of drug-likeness (QED) is 0.761. The summed E-state index contributed by atoms with van der Waals surface area (Å²) in [5.74, 6) is 1.52. The molecule has 5 heteroatoms. The number of nitrogens with zero attached hydrogens (tertiary/aromatic N) is 1. The molecule has 0 amide bonds. The van der Waals surface area contributed by atoms with Crippen molar-refractivity contribution in [1.82, 2.24) is 4.90 Å². The van der Waals surface area contributed by atoms with Crippen LogP contribution in [0, 0.1) is 5.92 Å². The van der Waals surface area contributed by atoms with Crippen molar-refractivity contribution in [3.63, 3.8) is 0 Å². The van der Waals surface area contributed by atoms with Gasteiger partial charge in [-0.05, 0) is 25.1 Å². The Balaban J connectivity index is 0.00000196. The van der Waals surface area contributed by atoms with Gasteiger partial charge in [-0.3, -0.25) is 4.79 Å². The van der Waals surface area contributed by atoms with E-state index >= 15 is 0 Å². The standard InChI is InChI=1S/C10H19NO2S.ClH/c1-2-14-7-6-11-5-3-4-9(8-11)10(12)13;/h9H,2-8H2,1H3,(H,12,13);1H. The van der Waals surface area contributed by atoms with Gasteiger partial charge in [0.05, 0.1) is 5.92 Å². The second kappa shape index (κ2) is 8.25. The molecular weight excluding hydrogens is 234 g/mol.